The summed E-state index contributed by atoms with van der Waals surface area (Å²) < 4.78 is 0. The summed E-state index contributed by atoms with van der Waals surface area (Å²) in [5.74, 6) is 0. The quantitative estimate of drug-likeness (QED) is 0.331. The van der Waals surface area contributed by atoms with Crippen molar-refractivity contribution in [3.8, 4) is 11.1 Å². The predicted molar refractivity (Wildman–Crippen MR) is 138 cm³/mol. The fourth-order valence-electron chi connectivity index (χ4n) is 4.77. The van der Waals surface area contributed by atoms with Crippen LogP contribution in [0.5, 0.6) is 0 Å². The molecular weight excluding hydrogens is 548 g/mol. The van der Waals surface area contributed by atoms with Gasteiger partial charge in [-0.05, 0) is 48.8 Å². The molecule has 6 rings (SSSR count). The molecule has 0 amide bonds. The summed E-state index contributed by atoms with van der Waals surface area (Å²) in [6, 6.07) is 32.6. The van der Waals surface area contributed by atoms with Crippen LogP contribution in [0.1, 0.15) is 19.4 Å². The van der Waals surface area contributed by atoms with E-state index in [0.29, 0.717) is 6.04 Å². The van der Waals surface area contributed by atoms with E-state index in [9.17, 15) is 0 Å². The van der Waals surface area contributed by atoms with Crippen LogP contribution in [0, 0.1) is 6.92 Å². The van der Waals surface area contributed by atoms with Gasteiger partial charge in [0.2, 0.25) is 0 Å². The second kappa shape index (κ2) is 12.6. The summed E-state index contributed by atoms with van der Waals surface area (Å²) in [4.78, 5) is 2.39. The molecule has 2 aliphatic rings. The molecule has 175 valence electrons. The SMILES string of the molecule is CC1=CC2=CC(C)N(c3ccccc3)C2=C1.Cc1cc2c(-c3ccccc3)cccc2[cH-]1.[Cl-].[Cl-].[Zr+3]. The van der Waals surface area contributed by atoms with Crippen molar-refractivity contribution in [3.05, 3.63) is 132 Å². The molecule has 35 heavy (non-hydrogen) atoms. The minimum atomic E-state index is 0. The van der Waals surface area contributed by atoms with Gasteiger partial charge in [0, 0.05) is 11.4 Å². The van der Waals surface area contributed by atoms with Crippen molar-refractivity contribution in [2.24, 2.45) is 0 Å². The number of nitrogens with zero attached hydrogens (tertiary/aromatic N) is 1. The molecule has 0 saturated heterocycles. The number of aryl methyl sites for hydroxylation is 1. The van der Waals surface area contributed by atoms with Gasteiger partial charge in [-0.1, -0.05) is 79.2 Å². The van der Waals surface area contributed by atoms with E-state index < -0.39 is 0 Å². The molecule has 4 heteroatoms. The van der Waals surface area contributed by atoms with Crippen LogP contribution < -0.4 is 29.7 Å². The molecule has 0 bridgehead atoms. The first-order valence-electron chi connectivity index (χ1n) is 11.3. The van der Waals surface area contributed by atoms with Crippen molar-refractivity contribution in [2.75, 3.05) is 4.90 Å². The molecular formula is C31H28Cl2NZr. The number of rotatable bonds is 2. The largest absolute Gasteiger partial charge is 3.00 e. The molecule has 1 unspecified atom stereocenters. The molecule has 0 aromatic heterocycles. The molecule has 4 aromatic rings. The normalized spacial score (nSPS) is 15.3. The van der Waals surface area contributed by atoms with Crippen molar-refractivity contribution in [2.45, 2.75) is 26.8 Å². The first-order chi connectivity index (χ1) is 15.6. The number of hydrogen-bond donors (Lipinski definition) is 0. The number of anilines is 1. The molecule has 1 radical (unpaired) electrons. The summed E-state index contributed by atoms with van der Waals surface area (Å²) in [5.41, 5.74) is 9.28. The third kappa shape index (κ3) is 6.12. The third-order valence-corrected chi connectivity index (χ3v) is 6.15. The van der Waals surface area contributed by atoms with E-state index in [-0.39, 0.29) is 51.0 Å². The minimum Gasteiger partial charge on any atom is -1.00 e. The Morgan fingerprint density at radius 2 is 1.43 bits per heavy atom. The maximum Gasteiger partial charge on any atom is 3.00 e. The van der Waals surface area contributed by atoms with Gasteiger partial charge in [-0.2, -0.15) is 6.07 Å². The van der Waals surface area contributed by atoms with Gasteiger partial charge < -0.3 is 29.7 Å². The van der Waals surface area contributed by atoms with Crippen molar-refractivity contribution < 1.29 is 51.0 Å². The predicted octanol–water partition coefficient (Wildman–Crippen LogP) is 2.20. The second-order valence-corrected chi connectivity index (χ2v) is 8.69. The van der Waals surface area contributed by atoms with Crippen LogP contribution in [-0.2, 0) is 26.2 Å². The van der Waals surface area contributed by atoms with E-state index in [4.69, 9.17) is 0 Å². The van der Waals surface area contributed by atoms with E-state index in [1.807, 2.05) is 0 Å². The Hall–Kier alpha value is -2.25. The topological polar surface area (TPSA) is 3.24 Å². The van der Waals surface area contributed by atoms with Gasteiger partial charge in [0.1, 0.15) is 0 Å². The maximum absolute atomic E-state index is 2.39. The number of hydrogen-bond acceptors (Lipinski definition) is 1. The number of allylic oxidation sites excluding steroid dienone is 3. The number of benzene rings is 3. The first-order valence-corrected chi connectivity index (χ1v) is 11.3. The molecule has 1 heterocycles. The molecule has 1 aliphatic carbocycles. The fraction of sp³-hybridized carbons (Fsp3) is 0.129. The molecule has 1 nitrogen and oxygen atoms in total. The van der Waals surface area contributed by atoms with E-state index in [1.54, 1.807) is 0 Å². The Bertz CT molecular complexity index is 1350. The van der Waals surface area contributed by atoms with Gasteiger partial charge in [-0.15, -0.1) is 34.5 Å². The summed E-state index contributed by atoms with van der Waals surface area (Å²) >= 11 is 0. The molecule has 4 aromatic carbocycles. The van der Waals surface area contributed by atoms with Gasteiger partial charge in [0.15, 0.2) is 0 Å². The number of halogens is 2. The van der Waals surface area contributed by atoms with Crippen molar-refractivity contribution in [1.29, 1.82) is 0 Å². The average Bonchev–Trinajstić information content (AvgIpc) is 3.45. The molecule has 1 aliphatic heterocycles. The van der Waals surface area contributed by atoms with Gasteiger partial charge in [0.25, 0.3) is 0 Å². The number of para-hydroxylation sites is 1. The Morgan fingerprint density at radius 1 is 0.771 bits per heavy atom. The fourth-order valence-corrected chi connectivity index (χ4v) is 4.77. The van der Waals surface area contributed by atoms with Gasteiger partial charge in [-0.25, -0.2) is 0 Å². The Morgan fingerprint density at radius 3 is 2.11 bits per heavy atom. The standard InChI is InChI=1S/C16H13.C15H15N.2ClH.Zr/c1-12-10-14-8-5-9-15(16(14)11-12)13-6-3-2-4-7-13;1-11-8-13-10-12(2)16(15(13)9-11)14-6-4-3-5-7-14;;;/h2-11H,1H3;3-10,12H,1-2H3;2*1H;/q-1;;;;+3/p-2. The van der Waals surface area contributed by atoms with Crippen LogP contribution in [0.15, 0.2) is 126 Å². The van der Waals surface area contributed by atoms with E-state index in [2.05, 4.69) is 135 Å². The van der Waals surface area contributed by atoms with E-state index in [0.717, 1.165) is 0 Å². The Labute approximate surface area is 240 Å². The Balaban J connectivity index is 0.000000227. The third-order valence-electron chi connectivity index (χ3n) is 6.15. The summed E-state index contributed by atoms with van der Waals surface area (Å²) in [6.07, 6.45) is 6.85. The maximum atomic E-state index is 2.39. The van der Waals surface area contributed by atoms with Crippen LogP contribution in [0.25, 0.3) is 21.9 Å². The smallest absolute Gasteiger partial charge is 1.00 e. The average molecular weight is 577 g/mol. The summed E-state index contributed by atoms with van der Waals surface area (Å²) in [6.45, 7) is 6.54. The molecule has 0 saturated carbocycles. The zero-order chi connectivity index (χ0) is 22.1. The Kier molecular flexibility index (Phi) is 10.5. The van der Waals surface area contributed by atoms with Crippen LogP contribution in [-0.4, -0.2) is 6.04 Å². The van der Waals surface area contributed by atoms with Crippen LogP contribution in [0.2, 0.25) is 0 Å². The van der Waals surface area contributed by atoms with Gasteiger partial charge in [0.05, 0.1) is 6.04 Å². The van der Waals surface area contributed by atoms with Crippen LogP contribution in [0.4, 0.5) is 5.69 Å². The summed E-state index contributed by atoms with van der Waals surface area (Å²) in [5, 5.41) is 2.69. The van der Waals surface area contributed by atoms with E-state index >= 15 is 0 Å². The zero-order valence-corrected chi connectivity index (χ0v) is 24.1. The molecule has 0 fully saturated rings. The van der Waals surface area contributed by atoms with Gasteiger partial charge in [-0.3, -0.25) is 0 Å². The van der Waals surface area contributed by atoms with Crippen LogP contribution >= 0.6 is 0 Å². The van der Waals surface area contributed by atoms with Crippen LogP contribution in [0.3, 0.4) is 0 Å². The summed E-state index contributed by atoms with van der Waals surface area (Å²) in [7, 11) is 0. The zero-order valence-electron chi connectivity index (χ0n) is 20.2. The van der Waals surface area contributed by atoms with Crippen molar-refractivity contribution >= 4 is 16.5 Å². The van der Waals surface area contributed by atoms with E-state index in [1.165, 1.54) is 50.0 Å². The molecule has 0 N–H and O–H groups in total. The van der Waals surface area contributed by atoms with Gasteiger partial charge >= 0.3 is 26.2 Å². The first kappa shape index (κ1) is 29.0. The monoisotopic (exact) mass is 574 g/mol. The van der Waals surface area contributed by atoms with Crippen molar-refractivity contribution in [3.63, 3.8) is 0 Å². The number of fused-ring (bicyclic) bond motifs is 2. The minimum absolute atomic E-state index is 0. The molecule has 0 spiro atoms. The van der Waals surface area contributed by atoms with Crippen molar-refractivity contribution in [1.82, 2.24) is 0 Å². The second-order valence-electron chi connectivity index (χ2n) is 8.69. The molecule has 1 atom stereocenters.